The van der Waals surface area contributed by atoms with Crippen LogP contribution in [0.3, 0.4) is 0 Å². The van der Waals surface area contributed by atoms with Gasteiger partial charge in [0.05, 0.1) is 4.90 Å². The van der Waals surface area contributed by atoms with Crippen LogP contribution in [0.1, 0.15) is 32.3 Å². The van der Waals surface area contributed by atoms with Crippen LogP contribution in [0.15, 0.2) is 34.2 Å². The Hall–Kier alpha value is -2.42. The van der Waals surface area contributed by atoms with Crippen molar-refractivity contribution in [1.29, 1.82) is 0 Å². The number of aliphatic carboxylic acids is 1. The predicted molar refractivity (Wildman–Crippen MR) is 87.3 cm³/mol. The van der Waals surface area contributed by atoms with E-state index < -0.39 is 27.4 Å². The van der Waals surface area contributed by atoms with Crippen molar-refractivity contribution in [3.63, 3.8) is 0 Å². The van der Waals surface area contributed by atoms with Gasteiger partial charge in [-0.1, -0.05) is 12.1 Å². The third-order valence-electron chi connectivity index (χ3n) is 3.49. The summed E-state index contributed by atoms with van der Waals surface area (Å²) < 4.78 is 26.2. The summed E-state index contributed by atoms with van der Waals surface area (Å²) in [6.45, 7) is 3.17. The van der Waals surface area contributed by atoms with Gasteiger partial charge in [-0.15, -0.1) is 0 Å². The number of benzene rings is 1. The number of hydrogen-bond donors (Lipinski definition) is 3. The highest BCUT2D eigenvalue weighted by molar-refractivity contribution is 7.90. The molecule has 3 N–H and O–H groups in total. The maximum atomic E-state index is 12.0. The Kier molecular flexibility index (Phi) is 4.93. The van der Waals surface area contributed by atoms with E-state index in [1.165, 1.54) is 6.07 Å². The molecule has 1 aliphatic rings. The molecule has 2 rings (SSSR count). The average Bonchev–Trinajstić information content (AvgIpc) is 2.75. The van der Waals surface area contributed by atoms with Gasteiger partial charge in [0.1, 0.15) is 12.4 Å². The minimum Gasteiger partial charge on any atom is -0.481 e. The van der Waals surface area contributed by atoms with Crippen LogP contribution in [-0.2, 0) is 19.6 Å². The van der Waals surface area contributed by atoms with E-state index in [1.54, 1.807) is 32.0 Å². The lowest BCUT2D eigenvalue weighted by Gasteiger charge is -2.25. The number of rotatable bonds is 6. The van der Waals surface area contributed by atoms with Crippen LogP contribution in [0.4, 0.5) is 0 Å². The monoisotopic (exact) mass is 353 g/mol. The third kappa shape index (κ3) is 4.31. The van der Waals surface area contributed by atoms with E-state index >= 15 is 0 Å². The number of hydrogen-bond acceptors (Lipinski definition) is 5. The summed E-state index contributed by atoms with van der Waals surface area (Å²) in [5, 5.41) is 11.4. The van der Waals surface area contributed by atoms with Gasteiger partial charge in [0.2, 0.25) is 5.91 Å². The van der Waals surface area contributed by atoms with Crippen molar-refractivity contribution in [2.24, 2.45) is 4.99 Å². The minimum absolute atomic E-state index is 0.0605. The van der Waals surface area contributed by atoms with E-state index in [9.17, 15) is 18.0 Å². The molecule has 1 aromatic rings. The molecule has 130 valence electrons. The zero-order valence-corrected chi connectivity index (χ0v) is 14.2. The number of amides is 1. The van der Waals surface area contributed by atoms with E-state index in [0.717, 1.165) is 0 Å². The van der Waals surface area contributed by atoms with Crippen LogP contribution in [0.25, 0.3) is 0 Å². The lowest BCUT2D eigenvalue weighted by Crippen LogP contribution is -2.45. The first-order chi connectivity index (χ1) is 11.1. The summed E-state index contributed by atoms with van der Waals surface area (Å²) in [5.74, 6) is -1.22. The van der Waals surface area contributed by atoms with Gasteiger partial charge in [0.25, 0.3) is 10.0 Å². The molecule has 0 aliphatic carbocycles. The van der Waals surface area contributed by atoms with Crippen LogP contribution in [0.2, 0.25) is 0 Å². The largest absolute Gasteiger partial charge is 0.481 e. The molecule has 1 aliphatic heterocycles. The first-order valence-corrected chi connectivity index (χ1v) is 8.78. The van der Waals surface area contributed by atoms with Gasteiger partial charge in [-0.05, 0) is 32.4 Å². The molecule has 1 heterocycles. The number of aliphatic imine (C=N–C) groups is 1. The van der Waals surface area contributed by atoms with Gasteiger partial charge in [-0.2, -0.15) is 0 Å². The van der Waals surface area contributed by atoms with E-state index in [0.29, 0.717) is 5.56 Å². The average molecular weight is 353 g/mol. The van der Waals surface area contributed by atoms with Gasteiger partial charge < -0.3 is 10.4 Å². The zero-order chi connectivity index (χ0) is 18.0. The molecule has 8 nitrogen and oxygen atoms in total. The van der Waals surface area contributed by atoms with Crippen molar-refractivity contribution in [1.82, 2.24) is 10.0 Å². The van der Waals surface area contributed by atoms with Crippen molar-refractivity contribution in [2.45, 2.75) is 37.1 Å². The summed E-state index contributed by atoms with van der Waals surface area (Å²) in [6.07, 6.45) is 0.217. The van der Waals surface area contributed by atoms with Gasteiger partial charge in [-0.25, -0.2) is 8.42 Å². The van der Waals surface area contributed by atoms with E-state index in [2.05, 4.69) is 15.0 Å². The highest BCUT2D eigenvalue weighted by Crippen LogP contribution is 2.22. The number of fused-ring (bicyclic) bond motifs is 1. The Morgan fingerprint density at radius 1 is 1.29 bits per heavy atom. The van der Waals surface area contributed by atoms with Crippen LogP contribution in [0.5, 0.6) is 0 Å². The molecule has 0 saturated carbocycles. The van der Waals surface area contributed by atoms with Crippen molar-refractivity contribution < 1.29 is 23.1 Å². The highest BCUT2D eigenvalue weighted by atomic mass is 32.2. The maximum Gasteiger partial charge on any atom is 0.303 e. The topological polar surface area (TPSA) is 125 Å². The molecule has 0 fully saturated rings. The molecule has 0 saturated heterocycles. The number of carboxylic acid groups (broad SMARTS) is 1. The van der Waals surface area contributed by atoms with Crippen LogP contribution in [0, 0.1) is 0 Å². The third-order valence-corrected chi connectivity index (χ3v) is 4.88. The molecule has 24 heavy (non-hydrogen) atoms. The van der Waals surface area contributed by atoms with Crippen molar-refractivity contribution in [2.75, 3.05) is 6.54 Å². The molecule has 0 atom stereocenters. The van der Waals surface area contributed by atoms with Crippen LogP contribution >= 0.6 is 0 Å². The SMILES string of the molecule is CC(C)(CCC(=O)O)NC(=O)CN=C1NS(=O)(=O)c2ccccc21. The second kappa shape index (κ2) is 6.60. The molecule has 0 radical (unpaired) electrons. The lowest BCUT2D eigenvalue weighted by molar-refractivity contribution is -0.137. The summed E-state index contributed by atoms with van der Waals surface area (Å²) in [6, 6.07) is 6.38. The van der Waals surface area contributed by atoms with Gasteiger partial charge in [-0.3, -0.25) is 19.3 Å². The first-order valence-electron chi connectivity index (χ1n) is 7.30. The highest BCUT2D eigenvalue weighted by Gasteiger charge is 2.30. The van der Waals surface area contributed by atoms with E-state index in [1.807, 2.05) is 0 Å². The van der Waals surface area contributed by atoms with Crippen molar-refractivity contribution in [3.8, 4) is 0 Å². The van der Waals surface area contributed by atoms with Crippen LogP contribution in [-0.4, -0.2) is 43.3 Å². The maximum absolute atomic E-state index is 12.0. The Labute approximate surface area is 140 Å². The van der Waals surface area contributed by atoms with Gasteiger partial charge >= 0.3 is 5.97 Å². The summed E-state index contributed by atoms with van der Waals surface area (Å²) in [5.41, 5.74) is -0.265. The Morgan fingerprint density at radius 2 is 1.96 bits per heavy atom. The summed E-state index contributed by atoms with van der Waals surface area (Å²) >= 11 is 0. The molecular formula is C15H19N3O5S. The fourth-order valence-corrected chi connectivity index (χ4v) is 3.55. The minimum atomic E-state index is -3.63. The molecule has 0 bridgehead atoms. The Bertz CT molecular complexity index is 799. The predicted octanol–water partition coefficient (Wildman–Crippen LogP) is 0.485. The number of carboxylic acids is 1. The van der Waals surface area contributed by atoms with E-state index in [4.69, 9.17) is 5.11 Å². The molecule has 9 heteroatoms. The summed E-state index contributed by atoms with van der Waals surface area (Å²) in [7, 11) is -3.63. The number of sulfonamides is 1. The number of nitrogens with zero attached hydrogens (tertiary/aromatic N) is 1. The van der Waals surface area contributed by atoms with Crippen molar-refractivity contribution >= 4 is 27.7 Å². The number of carbonyl (C=O) groups is 2. The Morgan fingerprint density at radius 3 is 2.62 bits per heavy atom. The Balaban J connectivity index is 2.04. The van der Waals surface area contributed by atoms with E-state index in [-0.39, 0.29) is 30.1 Å². The van der Waals surface area contributed by atoms with Crippen molar-refractivity contribution in [3.05, 3.63) is 29.8 Å². The van der Waals surface area contributed by atoms with Gasteiger partial charge in [0, 0.05) is 17.5 Å². The second-order valence-corrected chi connectivity index (χ2v) is 7.74. The fraction of sp³-hybridized carbons (Fsp3) is 0.400. The summed E-state index contributed by atoms with van der Waals surface area (Å²) in [4.78, 5) is 26.8. The van der Waals surface area contributed by atoms with Gasteiger partial charge in [0.15, 0.2) is 0 Å². The quantitative estimate of drug-likeness (QED) is 0.686. The standard InChI is InChI=1S/C15H19N3O5S/c1-15(2,8-7-13(20)21)17-12(19)9-16-14-10-5-3-4-6-11(10)24(22,23)18-14/h3-6H,7-9H2,1-2H3,(H,16,18)(H,17,19)(H,20,21). The molecule has 0 unspecified atom stereocenters. The normalized spacial score (nSPS) is 17.2. The smallest absolute Gasteiger partial charge is 0.303 e. The number of amidine groups is 1. The number of nitrogens with one attached hydrogen (secondary N) is 2. The fourth-order valence-electron chi connectivity index (χ4n) is 2.30. The lowest BCUT2D eigenvalue weighted by atomic mass is 9.98. The first kappa shape index (κ1) is 17.9. The zero-order valence-electron chi connectivity index (χ0n) is 13.4. The molecule has 0 aromatic heterocycles. The van der Waals surface area contributed by atoms with Crippen LogP contribution < -0.4 is 10.0 Å². The molecule has 1 aromatic carbocycles. The molecule has 1 amide bonds. The second-order valence-electron chi connectivity index (χ2n) is 6.09. The molecular weight excluding hydrogens is 334 g/mol. The number of carbonyl (C=O) groups excluding carboxylic acids is 1. The molecule has 0 spiro atoms.